The van der Waals surface area contributed by atoms with Crippen LogP contribution in [0.15, 0.2) is 42.5 Å². The van der Waals surface area contributed by atoms with Gasteiger partial charge in [-0.05, 0) is 24.3 Å². The maximum absolute atomic E-state index is 6.33. The second-order valence-corrected chi connectivity index (χ2v) is 5.20. The SMILES string of the molecule is CN(C)c1ccccc1-n1c(N)nc2cccc(Cl)c21. The number of rotatable bonds is 2. The van der Waals surface area contributed by atoms with Crippen molar-refractivity contribution in [3.63, 3.8) is 0 Å². The highest BCUT2D eigenvalue weighted by Crippen LogP contribution is 2.32. The van der Waals surface area contributed by atoms with Gasteiger partial charge in [0.05, 0.1) is 27.4 Å². The molecule has 0 atom stereocenters. The van der Waals surface area contributed by atoms with Crippen LogP contribution in [0.1, 0.15) is 0 Å². The molecule has 20 heavy (non-hydrogen) atoms. The molecule has 0 spiro atoms. The van der Waals surface area contributed by atoms with E-state index in [4.69, 9.17) is 17.3 Å². The van der Waals surface area contributed by atoms with E-state index in [1.165, 1.54) is 0 Å². The zero-order valence-electron chi connectivity index (χ0n) is 11.3. The molecule has 1 aromatic heterocycles. The number of nitrogens with zero attached hydrogens (tertiary/aromatic N) is 3. The first-order valence-electron chi connectivity index (χ1n) is 6.29. The monoisotopic (exact) mass is 286 g/mol. The third-order valence-electron chi connectivity index (χ3n) is 3.26. The number of hydrogen-bond donors (Lipinski definition) is 1. The van der Waals surface area contributed by atoms with Gasteiger partial charge in [0.15, 0.2) is 0 Å². The molecule has 0 aliphatic heterocycles. The Labute approximate surface area is 122 Å². The van der Waals surface area contributed by atoms with Crippen LogP contribution in [-0.4, -0.2) is 23.6 Å². The van der Waals surface area contributed by atoms with Crippen molar-refractivity contribution < 1.29 is 0 Å². The van der Waals surface area contributed by atoms with Gasteiger partial charge in [0.25, 0.3) is 0 Å². The molecule has 0 radical (unpaired) electrons. The molecular weight excluding hydrogens is 272 g/mol. The molecule has 0 amide bonds. The van der Waals surface area contributed by atoms with Crippen LogP contribution in [0.3, 0.4) is 0 Å². The standard InChI is InChI=1S/C15H15ClN4/c1-19(2)12-8-3-4-9-13(12)20-14-10(16)6-5-7-11(14)18-15(20)17/h3-9H,1-2H3,(H2,17,18). The number of para-hydroxylation sites is 3. The lowest BCUT2D eigenvalue weighted by Gasteiger charge is -2.19. The second-order valence-electron chi connectivity index (χ2n) is 4.80. The number of nitrogen functional groups attached to an aromatic ring is 1. The van der Waals surface area contributed by atoms with E-state index < -0.39 is 0 Å². The molecule has 0 fully saturated rings. The van der Waals surface area contributed by atoms with Crippen molar-refractivity contribution in [2.45, 2.75) is 0 Å². The normalized spacial score (nSPS) is 10.9. The summed E-state index contributed by atoms with van der Waals surface area (Å²) in [6.45, 7) is 0. The zero-order valence-corrected chi connectivity index (χ0v) is 12.1. The van der Waals surface area contributed by atoms with E-state index in [0.29, 0.717) is 11.0 Å². The molecule has 5 heteroatoms. The van der Waals surface area contributed by atoms with Gasteiger partial charge in [-0.15, -0.1) is 0 Å². The highest BCUT2D eigenvalue weighted by molar-refractivity contribution is 6.35. The Morgan fingerprint density at radius 1 is 1.10 bits per heavy atom. The van der Waals surface area contributed by atoms with Crippen molar-refractivity contribution in [2.75, 3.05) is 24.7 Å². The Morgan fingerprint density at radius 2 is 1.85 bits per heavy atom. The number of halogens is 1. The van der Waals surface area contributed by atoms with E-state index >= 15 is 0 Å². The Kier molecular flexibility index (Phi) is 3.03. The summed E-state index contributed by atoms with van der Waals surface area (Å²) >= 11 is 6.33. The molecule has 102 valence electrons. The number of benzene rings is 2. The molecule has 0 unspecified atom stereocenters. The number of anilines is 2. The average molecular weight is 287 g/mol. The molecule has 0 bridgehead atoms. The fraction of sp³-hybridized carbons (Fsp3) is 0.133. The van der Waals surface area contributed by atoms with Crippen molar-refractivity contribution in [1.29, 1.82) is 0 Å². The van der Waals surface area contributed by atoms with E-state index in [9.17, 15) is 0 Å². The lowest BCUT2D eigenvalue weighted by molar-refractivity contribution is 1.06. The Hall–Kier alpha value is -2.20. The van der Waals surface area contributed by atoms with Gasteiger partial charge in [-0.1, -0.05) is 29.8 Å². The fourth-order valence-corrected chi connectivity index (χ4v) is 2.63. The molecule has 1 heterocycles. The molecule has 3 aromatic rings. The maximum atomic E-state index is 6.33. The summed E-state index contributed by atoms with van der Waals surface area (Å²) in [5.74, 6) is 0.433. The summed E-state index contributed by atoms with van der Waals surface area (Å²) in [5.41, 5.74) is 9.74. The van der Waals surface area contributed by atoms with Crippen LogP contribution in [-0.2, 0) is 0 Å². The van der Waals surface area contributed by atoms with E-state index in [0.717, 1.165) is 22.4 Å². The highest BCUT2D eigenvalue weighted by Gasteiger charge is 2.15. The van der Waals surface area contributed by atoms with Gasteiger partial charge >= 0.3 is 0 Å². The van der Waals surface area contributed by atoms with Gasteiger partial charge in [0.1, 0.15) is 0 Å². The van der Waals surface area contributed by atoms with E-state index in [1.807, 2.05) is 66.0 Å². The lowest BCUT2D eigenvalue weighted by Crippen LogP contribution is -2.13. The minimum Gasteiger partial charge on any atom is -0.376 e. The first-order valence-corrected chi connectivity index (χ1v) is 6.66. The summed E-state index contributed by atoms with van der Waals surface area (Å²) in [4.78, 5) is 6.43. The second kappa shape index (κ2) is 4.72. The fourth-order valence-electron chi connectivity index (χ4n) is 2.38. The summed E-state index contributed by atoms with van der Waals surface area (Å²) in [6.07, 6.45) is 0. The van der Waals surface area contributed by atoms with Gasteiger partial charge in [0, 0.05) is 14.1 Å². The number of nitrogens with two attached hydrogens (primary N) is 1. The number of aromatic nitrogens is 2. The van der Waals surface area contributed by atoms with E-state index in [-0.39, 0.29) is 0 Å². The maximum Gasteiger partial charge on any atom is 0.206 e. The van der Waals surface area contributed by atoms with E-state index in [2.05, 4.69) is 4.98 Å². The van der Waals surface area contributed by atoms with Crippen molar-refractivity contribution in [3.05, 3.63) is 47.5 Å². The average Bonchev–Trinajstić information content (AvgIpc) is 2.76. The van der Waals surface area contributed by atoms with Crippen LogP contribution in [0, 0.1) is 0 Å². The summed E-state index contributed by atoms with van der Waals surface area (Å²) in [6, 6.07) is 13.7. The highest BCUT2D eigenvalue weighted by atomic mass is 35.5. The molecule has 2 aromatic carbocycles. The number of hydrogen-bond acceptors (Lipinski definition) is 3. The van der Waals surface area contributed by atoms with Crippen LogP contribution in [0.4, 0.5) is 11.6 Å². The predicted molar refractivity (Wildman–Crippen MR) is 84.8 cm³/mol. The Bertz CT molecular complexity index is 777. The molecule has 0 saturated heterocycles. The zero-order chi connectivity index (χ0) is 14.3. The van der Waals surface area contributed by atoms with Crippen molar-refractivity contribution in [1.82, 2.24) is 9.55 Å². The smallest absolute Gasteiger partial charge is 0.206 e. The van der Waals surface area contributed by atoms with Crippen LogP contribution >= 0.6 is 11.6 Å². The van der Waals surface area contributed by atoms with Gasteiger partial charge < -0.3 is 10.6 Å². The van der Waals surface area contributed by atoms with E-state index in [1.54, 1.807) is 0 Å². The van der Waals surface area contributed by atoms with Crippen LogP contribution in [0.5, 0.6) is 0 Å². The minimum absolute atomic E-state index is 0.433. The molecule has 4 nitrogen and oxygen atoms in total. The predicted octanol–water partition coefficient (Wildman–Crippen LogP) is 3.33. The Morgan fingerprint density at radius 3 is 2.60 bits per heavy atom. The molecule has 0 saturated carbocycles. The summed E-state index contributed by atoms with van der Waals surface area (Å²) in [7, 11) is 3.99. The number of fused-ring (bicyclic) bond motifs is 1. The molecule has 3 rings (SSSR count). The van der Waals surface area contributed by atoms with Crippen LogP contribution in [0.25, 0.3) is 16.7 Å². The Balaban J connectivity index is 2.38. The molecule has 0 aliphatic rings. The topological polar surface area (TPSA) is 47.1 Å². The minimum atomic E-state index is 0.433. The van der Waals surface area contributed by atoms with Gasteiger partial charge in [-0.25, -0.2) is 4.98 Å². The first-order chi connectivity index (χ1) is 9.59. The first kappa shape index (κ1) is 12.8. The van der Waals surface area contributed by atoms with Crippen molar-refractivity contribution in [2.24, 2.45) is 0 Å². The van der Waals surface area contributed by atoms with Gasteiger partial charge in [0.2, 0.25) is 5.95 Å². The van der Waals surface area contributed by atoms with Crippen molar-refractivity contribution in [3.8, 4) is 5.69 Å². The van der Waals surface area contributed by atoms with Gasteiger partial charge in [-0.3, -0.25) is 4.57 Å². The van der Waals surface area contributed by atoms with Crippen LogP contribution < -0.4 is 10.6 Å². The van der Waals surface area contributed by atoms with Crippen LogP contribution in [0.2, 0.25) is 5.02 Å². The van der Waals surface area contributed by atoms with Gasteiger partial charge in [-0.2, -0.15) is 0 Å². The third kappa shape index (κ3) is 1.89. The largest absolute Gasteiger partial charge is 0.376 e. The summed E-state index contributed by atoms with van der Waals surface area (Å²) < 4.78 is 1.90. The number of imidazole rings is 1. The third-order valence-corrected chi connectivity index (χ3v) is 3.56. The molecule has 2 N–H and O–H groups in total. The molecular formula is C15H15ClN4. The lowest BCUT2D eigenvalue weighted by atomic mass is 10.2. The quantitative estimate of drug-likeness (QED) is 0.786. The van der Waals surface area contributed by atoms with Crippen molar-refractivity contribution >= 4 is 34.3 Å². The molecule has 0 aliphatic carbocycles. The summed E-state index contributed by atoms with van der Waals surface area (Å²) in [5, 5.41) is 0.639.